The van der Waals surface area contributed by atoms with Crippen molar-refractivity contribution in [2.75, 3.05) is 12.3 Å². The summed E-state index contributed by atoms with van der Waals surface area (Å²) < 4.78 is 1.51. The first-order valence-corrected chi connectivity index (χ1v) is 10.5. The molecule has 1 aromatic heterocycles. The Morgan fingerprint density at radius 3 is 2.67 bits per heavy atom. The minimum atomic E-state index is -1.13. The Morgan fingerprint density at radius 1 is 1.10 bits per heavy atom. The van der Waals surface area contributed by atoms with Gasteiger partial charge in [0.25, 0.3) is 5.91 Å². The molecule has 1 fully saturated rings. The Kier molecular flexibility index (Phi) is 5.29. The van der Waals surface area contributed by atoms with Gasteiger partial charge in [-0.1, -0.05) is 18.2 Å². The number of carbonyl (C=O) groups excluding carboxylic acids is 2. The number of imide groups is 1. The second-order valence-electron chi connectivity index (χ2n) is 7.41. The highest BCUT2D eigenvalue weighted by molar-refractivity contribution is 7.99. The number of nitrogens with one attached hydrogen (secondary N) is 1. The van der Waals surface area contributed by atoms with E-state index in [1.54, 1.807) is 18.7 Å². The van der Waals surface area contributed by atoms with Gasteiger partial charge >= 0.3 is 6.03 Å². The van der Waals surface area contributed by atoms with Crippen LogP contribution in [0.2, 0.25) is 0 Å². The fourth-order valence-electron chi connectivity index (χ4n) is 3.39. The van der Waals surface area contributed by atoms with Gasteiger partial charge in [0.15, 0.2) is 0 Å². The maximum Gasteiger partial charge on any atom is 0.325 e. The van der Waals surface area contributed by atoms with Crippen LogP contribution in [0, 0.1) is 13.8 Å². The van der Waals surface area contributed by atoms with Gasteiger partial charge in [-0.2, -0.15) is 0 Å². The number of hydrogen-bond donors (Lipinski definition) is 1. The van der Waals surface area contributed by atoms with E-state index in [-0.39, 0.29) is 11.9 Å². The minimum absolute atomic E-state index is 0.262. The van der Waals surface area contributed by atoms with Crippen molar-refractivity contribution in [3.05, 3.63) is 65.5 Å². The average molecular weight is 423 g/mol. The molecule has 154 valence electrons. The molecule has 1 aliphatic heterocycles. The number of urea groups is 1. The summed E-state index contributed by atoms with van der Waals surface area (Å²) in [5, 5.41) is 14.0. The number of nitrogens with zero attached hydrogens (tertiary/aromatic N) is 5. The van der Waals surface area contributed by atoms with E-state index in [0.29, 0.717) is 23.5 Å². The van der Waals surface area contributed by atoms with Crippen LogP contribution in [0.5, 0.6) is 0 Å². The van der Waals surface area contributed by atoms with Crippen molar-refractivity contribution in [1.82, 2.24) is 30.4 Å². The van der Waals surface area contributed by atoms with Gasteiger partial charge in [0, 0.05) is 17.2 Å². The lowest BCUT2D eigenvalue weighted by Crippen LogP contribution is -2.41. The highest BCUT2D eigenvalue weighted by Crippen LogP contribution is 2.30. The number of aryl methyl sites for hydroxylation is 2. The monoisotopic (exact) mass is 422 g/mol. The zero-order valence-electron chi connectivity index (χ0n) is 17.0. The first kappa shape index (κ1) is 20.1. The van der Waals surface area contributed by atoms with E-state index in [9.17, 15) is 9.59 Å². The van der Waals surface area contributed by atoms with Gasteiger partial charge in [-0.05, 0) is 72.2 Å². The number of rotatable bonds is 6. The van der Waals surface area contributed by atoms with Crippen LogP contribution in [0.1, 0.15) is 23.6 Å². The molecule has 9 heteroatoms. The number of carbonyl (C=O) groups is 2. The Balaban J connectivity index is 1.48. The summed E-state index contributed by atoms with van der Waals surface area (Å²) in [6.07, 6.45) is 1.48. The molecule has 2 heterocycles. The van der Waals surface area contributed by atoms with E-state index in [1.807, 2.05) is 24.3 Å². The van der Waals surface area contributed by atoms with Gasteiger partial charge in [0.05, 0.1) is 5.69 Å². The second-order valence-corrected chi connectivity index (χ2v) is 8.58. The highest BCUT2D eigenvalue weighted by Gasteiger charge is 2.48. The zero-order chi connectivity index (χ0) is 21.3. The van der Waals surface area contributed by atoms with Gasteiger partial charge in [0.1, 0.15) is 11.9 Å². The largest absolute Gasteiger partial charge is 0.325 e. The van der Waals surface area contributed by atoms with Crippen LogP contribution >= 0.6 is 11.8 Å². The highest BCUT2D eigenvalue weighted by atomic mass is 32.2. The van der Waals surface area contributed by atoms with E-state index < -0.39 is 5.54 Å². The van der Waals surface area contributed by atoms with E-state index >= 15 is 0 Å². The Morgan fingerprint density at radius 2 is 1.93 bits per heavy atom. The number of hydrogen-bond acceptors (Lipinski definition) is 6. The average Bonchev–Trinajstić information content (AvgIpc) is 3.34. The van der Waals surface area contributed by atoms with Crippen LogP contribution in [0.25, 0.3) is 5.69 Å². The lowest BCUT2D eigenvalue weighted by atomic mass is 9.91. The molecule has 1 aliphatic rings. The summed E-state index contributed by atoms with van der Waals surface area (Å²) in [5.41, 5.74) is 2.73. The number of tetrazole rings is 1. The standard InChI is InChI=1S/C21H22N6O2S/c1-14-7-8-18(11-15(14)2)30-10-9-26-19(28)21(3,23-20(26)29)16-5-4-6-17(12-16)27-13-22-24-25-27/h4-8,11-13H,9-10H2,1-3H3,(H,23,29)/t21-/m1/s1. The Labute approximate surface area is 178 Å². The van der Waals surface area contributed by atoms with Crippen LogP contribution in [0.4, 0.5) is 4.79 Å². The van der Waals surface area contributed by atoms with Crippen LogP contribution in [-0.2, 0) is 10.3 Å². The molecule has 4 rings (SSSR count). The fraction of sp³-hybridized carbons (Fsp3) is 0.286. The van der Waals surface area contributed by atoms with Gasteiger partial charge < -0.3 is 5.32 Å². The van der Waals surface area contributed by atoms with E-state index in [1.165, 1.54) is 27.0 Å². The maximum absolute atomic E-state index is 13.2. The van der Waals surface area contributed by atoms with Crippen LogP contribution in [0.3, 0.4) is 0 Å². The van der Waals surface area contributed by atoms with Crippen molar-refractivity contribution >= 4 is 23.7 Å². The molecule has 0 spiro atoms. The van der Waals surface area contributed by atoms with Crippen molar-refractivity contribution in [1.29, 1.82) is 0 Å². The molecule has 30 heavy (non-hydrogen) atoms. The molecule has 0 unspecified atom stereocenters. The smallest absolute Gasteiger partial charge is 0.319 e. The Bertz CT molecular complexity index is 1100. The summed E-state index contributed by atoms with van der Waals surface area (Å²) in [6.45, 7) is 6.21. The van der Waals surface area contributed by atoms with Gasteiger partial charge in [0.2, 0.25) is 0 Å². The molecule has 0 saturated carbocycles. The molecule has 1 atom stereocenters. The summed E-state index contributed by atoms with van der Waals surface area (Å²) in [4.78, 5) is 28.2. The first-order valence-electron chi connectivity index (χ1n) is 9.56. The third-order valence-electron chi connectivity index (χ3n) is 5.37. The van der Waals surface area contributed by atoms with Gasteiger partial charge in [-0.15, -0.1) is 16.9 Å². The molecule has 3 aromatic rings. The third kappa shape index (κ3) is 3.68. The Hall–Kier alpha value is -3.20. The molecule has 0 aliphatic carbocycles. The molecular formula is C21H22N6O2S. The lowest BCUT2D eigenvalue weighted by Gasteiger charge is -2.22. The number of amides is 3. The quantitative estimate of drug-likeness (QED) is 0.485. The summed E-state index contributed by atoms with van der Waals surface area (Å²) in [6, 6.07) is 13.2. The number of thioether (sulfide) groups is 1. The van der Waals surface area contributed by atoms with E-state index in [0.717, 1.165) is 4.90 Å². The molecular weight excluding hydrogens is 400 g/mol. The molecule has 1 N–H and O–H groups in total. The van der Waals surface area contributed by atoms with Crippen molar-refractivity contribution < 1.29 is 9.59 Å². The predicted octanol–water partition coefficient (Wildman–Crippen LogP) is 2.84. The topological polar surface area (TPSA) is 93.0 Å². The summed E-state index contributed by atoms with van der Waals surface area (Å²) in [5.74, 6) is 0.365. The molecule has 1 saturated heterocycles. The SMILES string of the molecule is Cc1ccc(SCCN2C(=O)N[C@](C)(c3cccc(-n4cnnn4)c3)C2=O)cc1C. The van der Waals surface area contributed by atoms with Crippen molar-refractivity contribution in [3.63, 3.8) is 0 Å². The molecule has 8 nitrogen and oxygen atoms in total. The fourth-order valence-corrected chi connectivity index (χ4v) is 4.33. The van der Waals surface area contributed by atoms with Crippen molar-refractivity contribution in [2.24, 2.45) is 0 Å². The number of benzene rings is 2. The molecule has 3 amide bonds. The molecule has 0 radical (unpaired) electrons. The minimum Gasteiger partial charge on any atom is -0.319 e. The van der Waals surface area contributed by atoms with Crippen LogP contribution in [0.15, 0.2) is 53.7 Å². The van der Waals surface area contributed by atoms with Gasteiger partial charge in [-0.25, -0.2) is 9.48 Å². The van der Waals surface area contributed by atoms with Gasteiger partial charge in [-0.3, -0.25) is 9.69 Å². The summed E-state index contributed by atoms with van der Waals surface area (Å²) >= 11 is 1.63. The molecule has 2 aromatic carbocycles. The second kappa shape index (κ2) is 7.91. The third-order valence-corrected chi connectivity index (χ3v) is 6.35. The van der Waals surface area contributed by atoms with Crippen molar-refractivity contribution in [2.45, 2.75) is 31.2 Å². The summed E-state index contributed by atoms with van der Waals surface area (Å²) in [7, 11) is 0. The lowest BCUT2D eigenvalue weighted by molar-refractivity contribution is -0.130. The predicted molar refractivity (Wildman–Crippen MR) is 113 cm³/mol. The zero-order valence-corrected chi connectivity index (χ0v) is 17.8. The number of aromatic nitrogens is 4. The molecule has 0 bridgehead atoms. The van der Waals surface area contributed by atoms with Crippen molar-refractivity contribution in [3.8, 4) is 5.69 Å². The van der Waals surface area contributed by atoms with Crippen LogP contribution in [-0.4, -0.2) is 49.3 Å². The van der Waals surface area contributed by atoms with Crippen LogP contribution < -0.4 is 5.32 Å². The van der Waals surface area contributed by atoms with E-state index in [4.69, 9.17) is 0 Å². The first-order chi connectivity index (χ1) is 14.4. The maximum atomic E-state index is 13.2. The normalized spacial score (nSPS) is 18.7. The van der Waals surface area contributed by atoms with E-state index in [2.05, 4.69) is 52.9 Å².